The number of nitrogens with zero attached hydrogens (tertiary/aromatic N) is 3. The van der Waals surface area contributed by atoms with Crippen LogP contribution in [0.2, 0.25) is 5.02 Å². The monoisotopic (exact) mass is 508 g/mol. The maximum atomic E-state index is 12.3. The topological polar surface area (TPSA) is 91.8 Å². The van der Waals surface area contributed by atoms with Gasteiger partial charge in [0.2, 0.25) is 5.91 Å². The van der Waals surface area contributed by atoms with Gasteiger partial charge in [0.15, 0.2) is 20.7 Å². The van der Waals surface area contributed by atoms with Crippen molar-refractivity contribution < 1.29 is 17.9 Å². The van der Waals surface area contributed by atoms with Crippen molar-refractivity contribution in [2.75, 3.05) is 57.0 Å². The SMILES string of the molecule is COc1c(Cl)ccc2sc(N3CCN(CCNC(=O)CS(=O)(=O)c4ccccc4)CC3)nc12. The number of aromatic nitrogens is 1. The van der Waals surface area contributed by atoms with E-state index in [1.807, 2.05) is 12.1 Å². The van der Waals surface area contributed by atoms with E-state index in [-0.39, 0.29) is 4.90 Å². The van der Waals surface area contributed by atoms with Gasteiger partial charge in [-0.2, -0.15) is 0 Å². The number of benzene rings is 2. The second-order valence-electron chi connectivity index (χ2n) is 7.67. The summed E-state index contributed by atoms with van der Waals surface area (Å²) in [6.07, 6.45) is 0. The third-order valence-corrected chi connectivity index (χ3v) is 8.49. The first-order chi connectivity index (χ1) is 15.9. The minimum absolute atomic E-state index is 0.158. The van der Waals surface area contributed by atoms with Gasteiger partial charge in [-0.1, -0.05) is 41.1 Å². The van der Waals surface area contributed by atoms with Crippen molar-refractivity contribution in [2.45, 2.75) is 4.90 Å². The summed E-state index contributed by atoms with van der Waals surface area (Å²) in [5.41, 5.74) is 0.778. The second kappa shape index (κ2) is 10.3. The van der Waals surface area contributed by atoms with Gasteiger partial charge in [-0.15, -0.1) is 0 Å². The van der Waals surface area contributed by atoms with E-state index in [0.29, 0.717) is 23.9 Å². The van der Waals surface area contributed by atoms with Gasteiger partial charge in [0.25, 0.3) is 0 Å². The van der Waals surface area contributed by atoms with Crippen LogP contribution >= 0.6 is 22.9 Å². The molecule has 4 rings (SSSR count). The van der Waals surface area contributed by atoms with Gasteiger partial charge in [-0.3, -0.25) is 9.69 Å². The lowest BCUT2D eigenvalue weighted by Crippen LogP contribution is -2.48. The van der Waals surface area contributed by atoms with Crippen LogP contribution in [0.5, 0.6) is 5.75 Å². The normalized spacial score (nSPS) is 15.0. The molecule has 1 amide bonds. The van der Waals surface area contributed by atoms with Gasteiger partial charge >= 0.3 is 0 Å². The minimum Gasteiger partial charge on any atom is -0.493 e. The first-order valence-corrected chi connectivity index (χ1v) is 13.4. The third kappa shape index (κ3) is 5.57. The molecule has 2 aromatic carbocycles. The van der Waals surface area contributed by atoms with Crippen LogP contribution in [-0.4, -0.2) is 76.3 Å². The van der Waals surface area contributed by atoms with Crippen molar-refractivity contribution in [1.29, 1.82) is 0 Å². The van der Waals surface area contributed by atoms with E-state index in [1.165, 1.54) is 12.1 Å². The molecule has 1 N–H and O–H groups in total. The fourth-order valence-electron chi connectivity index (χ4n) is 3.71. The fraction of sp³-hybridized carbons (Fsp3) is 0.364. The molecule has 11 heteroatoms. The maximum absolute atomic E-state index is 12.3. The third-order valence-electron chi connectivity index (χ3n) is 5.48. The summed E-state index contributed by atoms with van der Waals surface area (Å²) in [5.74, 6) is -0.435. The lowest BCUT2D eigenvalue weighted by molar-refractivity contribution is -0.118. The zero-order valence-corrected chi connectivity index (χ0v) is 20.5. The number of hydrogen-bond donors (Lipinski definition) is 1. The molecule has 3 aromatic rings. The highest BCUT2D eigenvalue weighted by molar-refractivity contribution is 7.92. The molecule has 1 aromatic heterocycles. The van der Waals surface area contributed by atoms with Crippen LogP contribution in [0.3, 0.4) is 0 Å². The number of thiazole rings is 1. The number of amides is 1. The number of fused-ring (bicyclic) bond motifs is 1. The molecular weight excluding hydrogens is 484 g/mol. The lowest BCUT2D eigenvalue weighted by Gasteiger charge is -2.34. The highest BCUT2D eigenvalue weighted by atomic mass is 35.5. The second-order valence-corrected chi connectivity index (χ2v) is 11.1. The number of carbonyl (C=O) groups is 1. The Morgan fingerprint density at radius 1 is 1.15 bits per heavy atom. The molecule has 0 bridgehead atoms. The van der Waals surface area contributed by atoms with Gasteiger partial charge < -0.3 is 15.0 Å². The molecule has 0 unspecified atom stereocenters. The molecule has 1 aliphatic heterocycles. The Balaban J connectivity index is 1.25. The number of halogens is 1. The average Bonchev–Trinajstić information content (AvgIpc) is 3.24. The fourth-order valence-corrected chi connectivity index (χ4v) is 6.15. The number of methoxy groups -OCH3 is 1. The summed E-state index contributed by atoms with van der Waals surface area (Å²) in [6, 6.07) is 11.8. The quantitative estimate of drug-likeness (QED) is 0.500. The van der Waals surface area contributed by atoms with Crippen LogP contribution in [0.1, 0.15) is 0 Å². The molecule has 0 aliphatic carbocycles. The van der Waals surface area contributed by atoms with Crippen LogP contribution in [0.25, 0.3) is 10.2 Å². The summed E-state index contributed by atoms with van der Waals surface area (Å²) in [4.78, 5) is 21.5. The number of anilines is 1. The van der Waals surface area contributed by atoms with Crippen LogP contribution in [0.15, 0.2) is 47.4 Å². The molecule has 2 heterocycles. The van der Waals surface area contributed by atoms with Crippen LogP contribution in [0.4, 0.5) is 5.13 Å². The Kier molecular flexibility index (Phi) is 7.38. The standard InChI is InChI=1S/C22H25ClN4O4S2/c1-31-21-17(23)7-8-18-20(21)25-22(32-18)27-13-11-26(12-14-27)10-9-24-19(28)15-33(29,30)16-5-3-2-4-6-16/h2-8H,9-15H2,1H3,(H,24,28). The van der Waals surface area contributed by atoms with Crippen LogP contribution < -0.4 is 15.0 Å². The van der Waals surface area contributed by atoms with Crippen LogP contribution in [-0.2, 0) is 14.6 Å². The molecule has 8 nitrogen and oxygen atoms in total. The van der Waals surface area contributed by atoms with Crippen molar-refractivity contribution in [1.82, 2.24) is 15.2 Å². The predicted molar refractivity (Wildman–Crippen MR) is 131 cm³/mol. The Bertz CT molecular complexity index is 1230. The van der Waals surface area contributed by atoms with Gasteiger partial charge in [-0.25, -0.2) is 13.4 Å². The van der Waals surface area contributed by atoms with E-state index < -0.39 is 21.5 Å². The number of nitrogens with one attached hydrogen (secondary N) is 1. The van der Waals surface area contributed by atoms with Crippen LogP contribution in [0, 0.1) is 0 Å². The minimum atomic E-state index is -3.63. The zero-order valence-electron chi connectivity index (χ0n) is 18.2. The number of sulfone groups is 1. The summed E-state index contributed by atoms with van der Waals surface area (Å²) in [6.45, 7) is 4.34. The van der Waals surface area contributed by atoms with Gasteiger partial charge in [0.05, 0.1) is 21.7 Å². The van der Waals surface area contributed by atoms with E-state index in [0.717, 1.165) is 41.5 Å². The summed E-state index contributed by atoms with van der Waals surface area (Å²) < 4.78 is 31.0. The number of piperazine rings is 1. The molecule has 1 fully saturated rings. The largest absolute Gasteiger partial charge is 0.493 e. The average molecular weight is 509 g/mol. The predicted octanol–water partition coefficient (Wildman–Crippen LogP) is 2.67. The van der Waals surface area contributed by atoms with Crippen molar-refractivity contribution in [3.8, 4) is 5.75 Å². The Morgan fingerprint density at radius 2 is 1.88 bits per heavy atom. The number of rotatable bonds is 8. The van der Waals surface area contributed by atoms with E-state index in [9.17, 15) is 13.2 Å². The molecule has 1 saturated heterocycles. The Labute approximate surface area is 202 Å². The van der Waals surface area contributed by atoms with E-state index in [1.54, 1.807) is 36.6 Å². The first-order valence-electron chi connectivity index (χ1n) is 10.5. The summed E-state index contributed by atoms with van der Waals surface area (Å²) in [7, 11) is -2.04. The molecule has 0 spiro atoms. The summed E-state index contributed by atoms with van der Waals surface area (Å²) >= 11 is 7.82. The van der Waals surface area contributed by atoms with E-state index in [2.05, 4.69) is 15.1 Å². The Hall–Kier alpha value is -2.40. The number of carbonyl (C=O) groups excluding carboxylic acids is 1. The van der Waals surface area contributed by atoms with Gasteiger partial charge in [-0.05, 0) is 24.3 Å². The van der Waals surface area contributed by atoms with Crippen molar-refractivity contribution in [3.05, 3.63) is 47.5 Å². The van der Waals surface area contributed by atoms with Crippen molar-refractivity contribution in [3.63, 3.8) is 0 Å². The number of hydrogen-bond acceptors (Lipinski definition) is 8. The van der Waals surface area contributed by atoms with E-state index >= 15 is 0 Å². The molecule has 0 saturated carbocycles. The molecule has 176 valence electrons. The number of ether oxygens (including phenoxy) is 1. The molecule has 33 heavy (non-hydrogen) atoms. The zero-order chi connectivity index (χ0) is 23.4. The van der Waals surface area contributed by atoms with Gasteiger partial charge in [0, 0.05) is 39.3 Å². The first kappa shape index (κ1) is 23.7. The molecule has 1 aliphatic rings. The maximum Gasteiger partial charge on any atom is 0.235 e. The molecule has 0 atom stereocenters. The van der Waals surface area contributed by atoms with Crippen molar-refractivity contribution >= 4 is 54.0 Å². The summed E-state index contributed by atoms with van der Waals surface area (Å²) in [5, 5.41) is 4.21. The highest BCUT2D eigenvalue weighted by Crippen LogP contribution is 2.38. The Morgan fingerprint density at radius 3 is 2.58 bits per heavy atom. The van der Waals surface area contributed by atoms with Gasteiger partial charge in [0.1, 0.15) is 11.3 Å². The molecule has 0 radical (unpaired) electrons. The molecular formula is C22H25ClN4O4S2. The van der Waals surface area contributed by atoms with E-state index in [4.69, 9.17) is 21.3 Å². The van der Waals surface area contributed by atoms with Crippen molar-refractivity contribution in [2.24, 2.45) is 0 Å². The smallest absolute Gasteiger partial charge is 0.235 e. The lowest BCUT2D eigenvalue weighted by atomic mass is 10.3. The highest BCUT2D eigenvalue weighted by Gasteiger charge is 2.22.